The molecule has 1 aromatic heterocycles. The van der Waals surface area contributed by atoms with Crippen molar-refractivity contribution in [2.45, 2.75) is 89.1 Å². The van der Waals surface area contributed by atoms with Crippen LogP contribution in [0.2, 0.25) is 0 Å². The van der Waals surface area contributed by atoms with Gasteiger partial charge in [0, 0.05) is 22.0 Å². The second-order valence-electron chi connectivity index (χ2n) is 11.6. The van der Waals surface area contributed by atoms with Gasteiger partial charge in [-0.1, -0.05) is 38.1 Å². The van der Waals surface area contributed by atoms with Crippen molar-refractivity contribution in [1.82, 2.24) is 4.98 Å². The van der Waals surface area contributed by atoms with Gasteiger partial charge in [-0.25, -0.2) is 0 Å². The highest BCUT2D eigenvalue weighted by Crippen LogP contribution is 2.67. The molecule has 4 aliphatic rings. The zero-order chi connectivity index (χ0) is 21.8. The van der Waals surface area contributed by atoms with Gasteiger partial charge in [0.05, 0.1) is 11.7 Å². The van der Waals surface area contributed by atoms with Gasteiger partial charge < -0.3 is 19.9 Å². The zero-order valence-electron chi connectivity index (χ0n) is 19.1. The Labute approximate surface area is 184 Å². The minimum Gasteiger partial charge on any atom is -0.388 e. The average Bonchev–Trinajstić information content (AvgIpc) is 3.22. The number of aliphatic hydroxyl groups is 2. The van der Waals surface area contributed by atoms with Crippen LogP contribution in [-0.4, -0.2) is 39.1 Å². The Hall–Kier alpha value is -1.62. The maximum Gasteiger partial charge on any atom is 0.116 e. The third-order valence-corrected chi connectivity index (χ3v) is 9.74. The molecule has 0 amide bonds. The summed E-state index contributed by atoms with van der Waals surface area (Å²) in [6, 6.07) is 8.75. The smallest absolute Gasteiger partial charge is 0.116 e. The van der Waals surface area contributed by atoms with Crippen molar-refractivity contribution >= 4 is 10.9 Å². The van der Waals surface area contributed by atoms with E-state index in [1.54, 1.807) is 13.8 Å². The third kappa shape index (κ3) is 2.47. The topological polar surface area (TPSA) is 65.5 Å². The number of rotatable bonds is 1. The van der Waals surface area contributed by atoms with E-state index in [1.165, 1.54) is 40.6 Å². The van der Waals surface area contributed by atoms with E-state index in [2.05, 4.69) is 43.1 Å². The quantitative estimate of drug-likeness (QED) is 0.588. The van der Waals surface area contributed by atoms with Crippen LogP contribution in [0.4, 0.5) is 0 Å². The number of hydrogen-bond acceptors (Lipinski definition) is 3. The number of hydrogen-bond donors (Lipinski definition) is 3. The predicted molar refractivity (Wildman–Crippen MR) is 122 cm³/mol. The molecular formula is C27H35NO3. The van der Waals surface area contributed by atoms with Gasteiger partial charge in [-0.3, -0.25) is 0 Å². The highest BCUT2D eigenvalue weighted by Gasteiger charge is 2.64. The van der Waals surface area contributed by atoms with Gasteiger partial charge in [0.1, 0.15) is 12.2 Å². The largest absolute Gasteiger partial charge is 0.388 e. The van der Waals surface area contributed by atoms with E-state index in [9.17, 15) is 10.2 Å². The molecule has 2 saturated carbocycles. The van der Waals surface area contributed by atoms with Crippen molar-refractivity contribution < 1.29 is 14.9 Å². The molecule has 0 saturated heterocycles. The molecular weight excluding hydrogens is 386 g/mol. The molecule has 2 heterocycles. The number of para-hydroxylation sites is 1. The first-order chi connectivity index (χ1) is 14.6. The minimum absolute atomic E-state index is 0.0154. The van der Waals surface area contributed by atoms with E-state index in [1.807, 2.05) is 6.08 Å². The number of ether oxygens (including phenoxy) is 1. The Morgan fingerprint density at radius 2 is 1.90 bits per heavy atom. The first-order valence-electron chi connectivity index (χ1n) is 12.0. The number of fused-ring (bicyclic) bond motifs is 9. The summed E-state index contributed by atoms with van der Waals surface area (Å²) in [5, 5.41) is 22.8. The summed E-state index contributed by atoms with van der Waals surface area (Å²) in [5.74, 6) is 1.07. The molecule has 1 unspecified atom stereocenters. The minimum atomic E-state index is -1.06. The van der Waals surface area contributed by atoms with E-state index in [4.69, 9.17) is 4.74 Å². The lowest BCUT2D eigenvalue weighted by atomic mass is 9.44. The molecule has 0 spiro atoms. The summed E-state index contributed by atoms with van der Waals surface area (Å²) >= 11 is 0. The maximum atomic E-state index is 10.9. The first-order valence-corrected chi connectivity index (χ1v) is 12.0. The molecule has 2 aromatic rings. The summed E-state index contributed by atoms with van der Waals surface area (Å²) in [7, 11) is 0. The van der Waals surface area contributed by atoms with Crippen LogP contribution in [0.1, 0.15) is 64.6 Å². The Kier molecular flexibility index (Phi) is 4.03. The molecule has 31 heavy (non-hydrogen) atoms. The van der Waals surface area contributed by atoms with E-state index < -0.39 is 17.8 Å². The van der Waals surface area contributed by atoms with Crippen LogP contribution in [0.15, 0.2) is 35.9 Å². The van der Waals surface area contributed by atoms with Crippen LogP contribution in [0.5, 0.6) is 0 Å². The Balaban J connectivity index is 1.45. The Morgan fingerprint density at radius 1 is 1.13 bits per heavy atom. The first kappa shape index (κ1) is 20.0. The fourth-order valence-electron chi connectivity index (χ4n) is 7.99. The highest BCUT2D eigenvalue weighted by atomic mass is 16.5. The summed E-state index contributed by atoms with van der Waals surface area (Å²) in [6.07, 6.45) is 6.33. The fraction of sp³-hybridized carbons (Fsp3) is 0.630. The molecule has 7 atom stereocenters. The van der Waals surface area contributed by atoms with E-state index in [0.29, 0.717) is 11.8 Å². The predicted octanol–water partition coefficient (Wildman–Crippen LogP) is 4.63. The van der Waals surface area contributed by atoms with Gasteiger partial charge >= 0.3 is 0 Å². The number of aromatic nitrogens is 1. The number of aliphatic hydroxyl groups excluding tert-OH is 1. The third-order valence-electron chi connectivity index (χ3n) is 9.74. The fourth-order valence-corrected chi connectivity index (χ4v) is 7.99. The van der Waals surface area contributed by atoms with E-state index in [0.717, 1.165) is 19.3 Å². The van der Waals surface area contributed by atoms with Crippen molar-refractivity contribution in [3.8, 4) is 0 Å². The molecule has 3 N–H and O–H groups in total. The number of benzene rings is 1. The molecule has 4 nitrogen and oxygen atoms in total. The summed E-state index contributed by atoms with van der Waals surface area (Å²) < 4.78 is 6.35. The highest BCUT2D eigenvalue weighted by molar-refractivity contribution is 5.86. The summed E-state index contributed by atoms with van der Waals surface area (Å²) in [4.78, 5) is 3.85. The molecule has 2 fully saturated rings. The Morgan fingerprint density at radius 3 is 2.68 bits per heavy atom. The van der Waals surface area contributed by atoms with E-state index in [-0.39, 0.29) is 16.9 Å². The standard InChI is InChI=1S/C27H35NO3/c1-25(2,30)24-21(29)14-18-19-10-9-15-13-17-16-7-5-6-8-20(16)28-23(17)27(15,4)26(19,3)12-11-22(18)31-24/h5-8,14-15,19,21-22,24,28-30H,9-13H2,1-4H3/t15-,19?,21+,22-,24-,26-,27+/m0/s1. The van der Waals surface area contributed by atoms with Crippen LogP contribution in [-0.2, 0) is 16.6 Å². The molecule has 1 aromatic carbocycles. The lowest BCUT2D eigenvalue weighted by Crippen LogP contribution is -2.59. The van der Waals surface area contributed by atoms with Crippen molar-refractivity contribution in [2.75, 3.05) is 0 Å². The monoisotopic (exact) mass is 421 g/mol. The van der Waals surface area contributed by atoms with Crippen molar-refractivity contribution in [3.63, 3.8) is 0 Å². The van der Waals surface area contributed by atoms with Crippen LogP contribution in [0.25, 0.3) is 10.9 Å². The van der Waals surface area contributed by atoms with Gasteiger partial charge in [-0.2, -0.15) is 0 Å². The van der Waals surface area contributed by atoms with Crippen LogP contribution in [0, 0.1) is 17.3 Å². The van der Waals surface area contributed by atoms with Gasteiger partial charge in [-0.15, -0.1) is 0 Å². The molecule has 3 aliphatic carbocycles. The second kappa shape index (κ2) is 6.24. The second-order valence-corrected chi connectivity index (χ2v) is 11.6. The lowest BCUT2D eigenvalue weighted by molar-refractivity contribution is -0.171. The Bertz CT molecular complexity index is 1080. The maximum absolute atomic E-state index is 10.9. The van der Waals surface area contributed by atoms with Gasteiger partial charge in [0.15, 0.2) is 0 Å². The molecule has 0 radical (unpaired) electrons. The van der Waals surface area contributed by atoms with Crippen LogP contribution in [0.3, 0.4) is 0 Å². The van der Waals surface area contributed by atoms with Crippen molar-refractivity contribution in [3.05, 3.63) is 47.2 Å². The molecule has 0 bridgehead atoms. The molecule has 166 valence electrons. The van der Waals surface area contributed by atoms with Crippen molar-refractivity contribution in [1.29, 1.82) is 0 Å². The molecule has 6 rings (SSSR count). The van der Waals surface area contributed by atoms with Gasteiger partial charge in [0.25, 0.3) is 0 Å². The van der Waals surface area contributed by atoms with E-state index >= 15 is 0 Å². The SMILES string of the molecule is CC(C)(O)[C@H]1O[C@H]2CC[C@@]3(C)C(CC[C@H]4Cc5c([nH]c6ccccc56)[C@@]43C)C2=C[C@H]1O. The number of nitrogens with one attached hydrogen (secondary N) is 1. The average molecular weight is 422 g/mol. The van der Waals surface area contributed by atoms with Gasteiger partial charge in [-0.05, 0) is 80.4 Å². The van der Waals surface area contributed by atoms with Gasteiger partial charge in [0.2, 0.25) is 0 Å². The molecule has 4 heteroatoms. The summed E-state index contributed by atoms with van der Waals surface area (Å²) in [6.45, 7) is 8.46. The van der Waals surface area contributed by atoms with Crippen LogP contribution < -0.4 is 0 Å². The lowest BCUT2D eigenvalue weighted by Gasteiger charge is -2.61. The summed E-state index contributed by atoms with van der Waals surface area (Å²) in [5.41, 5.74) is 4.68. The molecule has 1 aliphatic heterocycles. The van der Waals surface area contributed by atoms with Crippen molar-refractivity contribution in [2.24, 2.45) is 17.3 Å². The number of aromatic amines is 1. The zero-order valence-corrected chi connectivity index (χ0v) is 19.1. The number of H-pyrrole nitrogens is 1. The normalized spacial score (nSPS) is 41.9. The van der Waals surface area contributed by atoms with Crippen LogP contribution >= 0.6 is 0 Å².